The van der Waals surface area contributed by atoms with Gasteiger partial charge in [0.2, 0.25) is 0 Å². The molecule has 0 unspecified atom stereocenters. The zero-order valence-corrected chi connectivity index (χ0v) is 10.3. The van der Waals surface area contributed by atoms with E-state index in [0.717, 1.165) is 17.3 Å². The first-order valence-corrected chi connectivity index (χ1v) is 5.83. The topological polar surface area (TPSA) is 44.1 Å². The SMILES string of the molecule is CCOCCn1c(C=O)nc2cccc(Cl)c21. The number of hydrogen-bond donors (Lipinski definition) is 0. The lowest BCUT2D eigenvalue weighted by molar-refractivity contribution is 0.110. The normalized spacial score (nSPS) is 10.9. The summed E-state index contributed by atoms with van der Waals surface area (Å²) in [4.78, 5) is 15.2. The summed E-state index contributed by atoms with van der Waals surface area (Å²) >= 11 is 6.13. The van der Waals surface area contributed by atoms with Gasteiger partial charge in [-0.1, -0.05) is 17.7 Å². The second-order valence-corrected chi connectivity index (χ2v) is 3.95. The van der Waals surface area contributed by atoms with Gasteiger partial charge in [-0.05, 0) is 19.1 Å². The molecular weight excluding hydrogens is 240 g/mol. The number of carbonyl (C=O) groups excluding carboxylic acids is 1. The van der Waals surface area contributed by atoms with E-state index in [2.05, 4.69) is 4.98 Å². The summed E-state index contributed by atoms with van der Waals surface area (Å²) in [5.41, 5.74) is 1.52. The van der Waals surface area contributed by atoms with Gasteiger partial charge in [-0.25, -0.2) is 4.98 Å². The summed E-state index contributed by atoms with van der Waals surface area (Å²) in [5.74, 6) is 0.382. The Kier molecular flexibility index (Phi) is 3.76. The number of carbonyl (C=O) groups is 1. The molecule has 1 heterocycles. The highest BCUT2D eigenvalue weighted by atomic mass is 35.5. The molecule has 1 aromatic heterocycles. The van der Waals surface area contributed by atoms with Crippen molar-refractivity contribution in [1.82, 2.24) is 9.55 Å². The van der Waals surface area contributed by atoms with Crippen molar-refractivity contribution in [2.24, 2.45) is 0 Å². The average molecular weight is 253 g/mol. The zero-order chi connectivity index (χ0) is 12.3. The molecule has 17 heavy (non-hydrogen) atoms. The number of halogens is 1. The Morgan fingerprint density at radius 3 is 3.06 bits per heavy atom. The van der Waals surface area contributed by atoms with Crippen molar-refractivity contribution in [3.05, 3.63) is 29.0 Å². The Morgan fingerprint density at radius 2 is 2.35 bits per heavy atom. The monoisotopic (exact) mass is 252 g/mol. The van der Waals surface area contributed by atoms with Crippen LogP contribution in [-0.4, -0.2) is 29.1 Å². The second-order valence-electron chi connectivity index (χ2n) is 3.54. The van der Waals surface area contributed by atoms with Crippen molar-refractivity contribution < 1.29 is 9.53 Å². The first-order valence-electron chi connectivity index (χ1n) is 5.45. The quantitative estimate of drug-likeness (QED) is 0.607. The van der Waals surface area contributed by atoms with Gasteiger partial charge in [-0.2, -0.15) is 0 Å². The van der Waals surface area contributed by atoms with Crippen molar-refractivity contribution >= 4 is 28.9 Å². The smallest absolute Gasteiger partial charge is 0.185 e. The van der Waals surface area contributed by atoms with Crippen molar-refractivity contribution in [3.63, 3.8) is 0 Å². The fourth-order valence-electron chi connectivity index (χ4n) is 1.78. The standard InChI is InChI=1S/C12H13ClN2O2/c1-2-17-7-6-15-11(8-16)14-10-5-3-4-9(13)12(10)15/h3-5,8H,2,6-7H2,1H3. The fraction of sp³-hybridized carbons (Fsp3) is 0.333. The molecule has 2 aromatic rings. The van der Waals surface area contributed by atoms with Crippen molar-refractivity contribution in [2.45, 2.75) is 13.5 Å². The van der Waals surface area contributed by atoms with Crippen LogP contribution in [0.1, 0.15) is 17.5 Å². The van der Waals surface area contributed by atoms with E-state index in [4.69, 9.17) is 16.3 Å². The number of aldehydes is 1. The third-order valence-corrected chi connectivity index (χ3v) is 2.82. The number of fused-ring (bicyclic) bond motifs is 1. The molecule has 0 radical (unpaired) electrons. The van der Waals surface area contributed by atoms with Gasteiger partial charge in [0, 0.05) is 13.2 Å². The van der Waals surface area contributed by atoms with Gasteiger partial charge in [0.25, 0.3) is 0 Å². The summed E-state index contributed by atoms with van der Waals surface area (Å²) < 4.78 is 7.08. The molecule has 0 aliphatic carbocycles. The molecule has 0 saturated heterocycles. The number of benzene rings is 1. The summed E-state index contributed by atoms with van der Waals surface area (Å²) in [7, 11) is 0. The molecule has 0 aliphatic rings. The van der Waals surface area contributed by atoms with E-state index in [1.54, 1.807) is 10.6 Å². The Morgan fingerprint density at radius 1 is 1.53 bits per heavy atom. The minimum absolute atomic E-state index is 0.382. The molecule has 0 spiro atoms. The number of para-hydroxylation sites is 1. The van der Waals surface area contributed by atoms with Crippen LogP contribution in [0.15, 0.2) is 18.2 Å². The maximum Gasteiger partial charge on any atom is 0.185 e. The van der Waals surface area contributed by atoms with Gasteiger partial charge >= 0.3 is 0 Å². The van der Waals surface area contributed by atoms with E-state index in [9.17, 15) is 4.79 Å². The largest absolute Gasteiger partial charge is 0.380 e. The molecule has 4 nitrogen and oxygen atoms in total. The number of hydrogen-bond acceptors (Lipinski definition) is 3. The van der Waals surface area contributed by atoms with E-state index >= 15 is 0 Å². The Balaban J connectivity index is 2.45. The first kappa shape index (κ1) is 12.1. The predicted octanol–water partition coefficient (Wildman–Crippen LogP) is 2.54. The molecular formula is C12H13ClN2O2. The number of ether oxygens (including phenoxy) is 1. The lowest BCUT2D eigenvalue weighted by Crippen LogP contribution is -2.09. The maximum atomic E-state index is 11.0. The van der Waals surface area contributed by atoms with E-state index < -0.39 is 0 Å². The van der Waals surface area contributed by atoms with Gasteiger partial charge in [-0.3, -0.25) is 4.79 Å². The summed E-state index contributed by atoms with van der Waals surface area (Å²) in [6.45, 7) is 3.69. The van der Waals surface area contributed by atoms with E-state index in [1.165, 1.54) is 0 Å². The van der Waals surface area contributed by atoms with Crippen LogP contribution >= 0.6 is 11.6 Å². The van der Waals surface area contributed by atoms with Crippen LogP contribution in [0, 0.1) is 0 Å². The minimum atomic E-state index is 0.382. The van der Waals surface area contributed by atoms with Crippen LogP contribution < -0.4 is 0 Å². The van der Waals surface area contributed by atoms with Crippen LogP contribution in [0.4, 0.5) is 0 Å². The predicted molar refractivity (Wildman–Crippen MR) is 66.6 cm³/mol. The molecule has 0 amide bonds. The van der Waals surface area contributed by atoms with Gasteiger partial charge in [0.15, 0.2) is 12.1 Å². The van der Waals surface area contributed by atoms with Crippen molar-refractivity contribution in [2.75, 3.05) is 13.2 Å². The van der Waals surface area contributed by atoms with Gasteiger partial charge in [0.05, 0.1) is 22.7 Å². The number of aromatic nitrogens is 2. The second kappa shape index (κ2) is 5.29. The Bertz CT molecular complexity index is 537. The molecule has 0 aliphatic heterocycles. The van der Waals surface area contributed by atoms with Gasteiger partial charge in [0.1, 0.15) is 0 Å². The molecule has 1 aromatic carbocycles. The van der Waals surface area contributed by atoms with Crippen LogP contribution in [-0.2, 0) is 11.3 Å². The molecule has 0 N–H and O–H groups in total. The van der Waals surface area contributed by atoms with Crippen LogP contribution in [0.2, 0.25) is 5.02 Å². The Hall–Kier alpha value is -1.39. The lowest BCUT2D eigenvalue weighted by atomic mass is 10.3. The number of imidazole rings is 1. The first-order chi connectivity index (χ1) is 8.27. The van der Waals surface area contributed by atoms with Crippen LogP contribution in [0.3, 0.4) is 0 Å². The van der Waals surface area contributed by atoms with Gasteiger partial charge < -0.3 is 9.30 Å². The molecule has 0 bridgehead atoms. The molecule has 0 saturated carbocycles. The number of rotatable bonds is 5. The zero-order valence-electron chi connectivity index (χ0n) is 9.52. The summed E-state index contributed by atoms with van der Waals surface area (Å²) in [6, 6.07) is 5.45. The lowest BCUT2D eigenvalue weighted by Gasteiger charge is -2.06. The summed E-state index contributed by atoms with van der Waals surface area (Å²) in [6.07, 6.45) is 0.738. The summed E-state index contributed by atoms with van der Waals surface area (Å²) in [5, 5.41) is 0.597. The highest BCUT2D eigenvalue weighted by Crippen LogP contribution is 2.23. The molecule has 90 valence electrons. The van der Waals surface area contributed by atoms with Crippen molar-refractivity contribution in [3.8, 4) is 0 Å². The molecule has 2 rings (SSSR count). The van der Waals surface area contributed by atoms with Crippen LogP contribution in [0.5, 0.6) is 0 Å². The molecule has 5 heteroatoms. The van der Waals surface area contributed by atoms with Gasteiger partial charge in [-0.15, -0.1) is 0 Å². The minimum Gasteiger partial charge on any atom is -0.380 e. The molecule has 0 fully saturated rings. The van der Waals surface area contributed by atoms with E-state index in [0.29, 0.717) is 30.6 Å². The van der Waals surface area contributed by atoms with E-state index in [1.807, 2.05) is 19.1 Å². The molecule has 0 atom stereocenters. The third kappa shape index (κ3) is 2.33. The highest BCUT2D eigenvalue weighted by Gasteiger charge is 2.12. The maximum absolute atomic E-state index is 11.0. The number of nitrogens with zero attached hydrogens (tertiary/aromatic N) is 2. The van der Waals surface area contributed by atoms with Crippen molar-refractivity contribution in [1.29, 1.82) is 0 Å². The van der Waals surface area contributed by atoms with E-state index in [-0.39, 0.29) is 0 Å². The fourth-order valence-corrected chi connectivity index (χ4v) is 2.05. The highest BCUT2D eigenvalue weighted by molar-refractivity contribution is 6.35. The Labute approximate surface area is 104 Å². The average Bonchev–Trinajstić information content (AvgIpc) is 2.69. The van der Waals surface area contributed by atoms with Crippen LogP contribution in [0.25, 0.3) is 11.0 Å². The third-order valence-electron chi connectivity index (χ3n) is 2.52.